The van der Waals surface area contributed by atoms with E-state index in [1.807, 2.05) is 0 Å². The van der Waals surface area contributed by atoms with E-state index in [0.717, 1.165) is 12.1 Å². The van der Waals surface area contributed by atoms with E-state index < -0.39 is 0 Å². The predicted molar refractivity (Wildman–Crippen MR) is 53.4 cm³/mol. The van der Waals surface area contributed by atoms with Crippen molar-refractivity contribution in [3.05, 3.63) is 0 Å². The lowest BCUT2D eigenvalue weighted by molar-refractivity contribution is 0.222. The molecule has 0 aromatic heterocycles. The molecule has 1 heterocycles. The number of nitrogens with zero attached hydrogens (tertiary/aromatic N) is 2. The Bertz CT molecular complexity index is 134. The fourth-order valence-corrected chi connectivity index (χ4v) is 1.85. The van der Waals surface area contributed by atoms with Crippen LogP contribution in [-0.4, -0.2) is 49.1 Å². The van der Waals surface area contributed by atoms with Gasteiger partial charge in [0.25, 0.3) is 0 Å². The summed E-state index contributed by atoms with van der Waals surface area (Å²) in [5.41, 5.74) is 0. The second kappa shape index (κ2) is 4.24. The van der Waals surface area contributed by atoms with Crippen LogP contribution in [0.2, 0.25) is 0 Å². The predicted octanol–water partition coefficient (Wildman–Crippen LogP) is 1.42. The molecule has 0 spiro atoms. The molecule has 0 aromatic rings. The van der Waals surface area contributed by atoms with Crippen molar-refractivity contribution in [1.29, 1.82) is 0 Å². The van der Waals surface area contributed by atoms with Crippen LogP contribution in [0.5, 0.6) is 0 Å². The summed E-state index contributed by atoms with van der Waals surface area (Å²) < 4.78 is 0. The zero-order valence-corrected chi connectivity index (χ0v) is 8.88. The van der Waals surface area contributed by atoms with Gasteiger partial charge in [-0.3, -0.25) is 4.90 Å². The molecule has 0 bridgehead atoms. The first-order valence-electron chi connectivity index (χ1n) is 5.05. The minimum absolute atomic E-state index is 0.773. The topological polar surface area (TPSA) is 6.48 Å². The van der Waals surface area contributed by atoms with Crippen LogP contribution in [0.15, 0.2) is 0 Å². The molecular formula is C10H22N2. The summed E-state index contributed by atoms with van der Waals surface area (Å²) in [6, 6.07) is 1.56. The first kappa shape index (κ1) is 10.0. The van der Waals surface area contributed by atoms with Crippen LogP contribution >= 0.6 is 0 Å². The molecular weight excluding hydrogens is 148 g/mol. The minimum atomic E-state index is 0.773. The van der Waals surface area contributed by atoms with Crippen molar-refractivity contribution in [2.24, 2.45) is 0 Å². The number of likely N-dealkylation sites (tertiary alicyclic amines) is 1. The highest BCUT2D eigenvalue weighted by molar-refractivity contribution is 4.83. The van der Waals surface area contributed by atoms with E-state index >= 15 is 0 Å². The van der Waals surface area contributed by atoms with Crippen LogP contribution in [0.25, 0.3) is 0 Å². The molecule has 0 aromatic carbocycles. The molecule has 1 fully saturated rings. The SMILES string of the molecule is CCC(C)N1CC[C@H](N(C)C)C1. The third-order valence-corrected chi connectivity index (χ3v) is 3.14. The van der Waals surface area contributed by atoms with Gasteiger partial charge in [-0.2, -0.15) is 0 Å². The Morgan fingerprint density at radius 1 is 1.50 bits per heavy atom. The maximum Gasteiger partial charge on any atom is 0.0229 e. The van der Waals surface area contributed by atoms with Gasteiger partial charge in [-0.25, -0.2) is 0 Å². The molecule has 2 atom stereocenters. The smallest absolute Gasteiger partial charge is 0.0229 e. The van der Waals surface area contributed by atoms with Gasteiger partial charge in [-0.15, -0.1) is 0 Å². The molecule has 0 saturated carbocycles. The van der Waals surface area contributed by atoms with E-state index in [2.05, 4.69) is 37.7 Å². The van der Waals surface area contributed by atoms with Gasteiger partial charge in [0, 0.05) is 25.2 Å². The van der Waals surface area contributed by atoms with Crippen molar-refractivity contribution < 1.29 is 0 Å². The highest BCUT2D eigenvalue weighted by atomic mass is 15.2. The minimum Gasteiger partial charge on any atom is -0.305 e. The zero-order chi connectivity index (χ0) is 9.14. The van der Waals surface area contributed by atoms with Crippen LogP contribution in [0, 0.1) is 0 Å². The fourth-order valence-electron chi connectivity index (χ4n) is 1.85. The van der Waals surface area contributed by atoms with Crippen LogP contribution in [0.3, 0.4) is 0 Å². The van der Waals surface area contributed by atoms with Crippen molar-refractivity contribution >= 4 is 0 Å². The van der Waals surface area contributed by atoms with Crippen molar-refractivity contribution in [1.82, 2.24) is 9.80 Å². The first-order chi connectivity index (χ1) is 5.65. The van der Waals surface area contributed by atoms with Gasteiger partial charge in [0.15, 0.2) is 0 Å². The van der Waals surface area contributed by atoms with Crippen molar-refractivity contribution in [2.75, 3.05) is 27.2 Å². The van der Waals surface area contributed by atoms with E-state index in [0.29, 0.717) is 0 Å². The second-order valence-corrected chi connectivity index (χ2v) is 4.16. The van der Waals surface area contributed by atoms with Gasteiger partial charge in [0.2, 0.25) is 0 Å². The Morgan fingerprint density at radius 3 is 2.58 bits per heavy atom. The molecule has 1 aliphatic rings. The molecule has 1 aliphatic heterocycles. The van der Waals surface area contributed by atoms with Crippen molar-refractivity contribution in [2.45, 2.75) is 38.8 Å². The van der Waals surface area contributed by atoms with Gasteiger partial charge in [0.1, 0.15) is 0 Å². The standard InChI is InChI=1S/C10H22N2/c1-5-9(2)12-7-6-10(8-12)11(3)4/h9-10H,5-8H2,1-4H3/t9?,10-/m0/s1. The van der Waals surface area contributed by atoms with Crippen LogP contribution in [-0.2, 0) is 0 Å². The molecule has 0 radical (unpaired) electrons. The van der Waals surface area contributed by atoms with Crippen LogP contribution < -0.4 is 0 Å². The summed E-state index contributed by atoms with van der Waals surface area (Å²) in [5, 5.41) is 0. The van der Waals surface area contributed by atoms with Gasteiger partial charge < -0.3 is 4.90 Å². The lowest BCUT2D eigenvalue weighted by Gasteiger charge is -2.24. The summed E-state index contributed by atoms with van der Waals surface area (Å²) in [7, 11) is 4.37. The third-order valence-electron chi connectivity index (χ3n) is 3.14. The number of hydrogen-bond acceptors (Lipinski definition) is 2. The molecule has 1 rings (SSSR count). The first-order valence-corrected chi connectivity index (χ1v) is 5.05. The number of hydrogen-bond donors (Lipinski definition) is 0. The highest BCUT2D eigenvalue weighted by Crippen LogP contribution is 2.16. The van der Waals surface area contributed by atoms with Crippen molar-refractivity contribution in [3.63, 3.8) is 0 Å². The average Bonchev–Trinajstić information content (AvgIpc) is 2.51. The highest BCUT2D eigenvalue weighted by Gasteiger charge is 2.25. The molecule has 1 saturated heterocycles. The van der Waals surface area contributed by atoms with E-state index in [1.165, 1.54) is 25.9 Å². The Labute approximate surface area is 76.5 Å². The van der Waals surface area contributed by atoms with Gasteiger partial charge in [-0.05, 0) is 33.9 Å². The monoisotopic (exact) mass is 170 g/mol. The van der Waals surface area contributed by atoms with E-state index in [-0.39, 0.29) is 0 Å². The van der Waals surface area contributed by atoms with E-state index in [1.54, 1.807) is 0 Å². The molecule has 1 unspecified atom stereocenters. The molecule has 12 heavy (non-hydrogen) atoms. The Morgan fingerprint density at radius 2 is 2.17 bits per heavy atom. The third kappa shape index (κ3) is 2.20. The fraction of sp³-hybridized carbons (Fsp3) is 1.00. The maximum absolute atomic E-state index is 2.60. The van der Waals surface area contributed by atoms with Crippen molar-refractivity contribution in [3.8, 4) is 0 Å². The molecule has 72 valence electrons. The van der Waals surface area contributed by atoms with Crippen LogP contribution in [0.4, 0.5) is 0 Å². The molecule has 2 nitrogen and oxygen atoms in total. The van der Waals surface area contributed by atoms with E-state index in [9.17, 15) is 0 Å². The number of likely N-dealkylation sites (N-methyl/N-ethyl adjacent to an activating group) is 1. The Balaban J connectivity index is 2.35. The molecule has 2 heteroatoms. The molecule has 0 N–H and O–H groups in total. The second-order valence-electron chi connectivity index (χ2n) is 4.16. The lowest BCUT2D eigenvalue weighted by Crippen LogP contribution is -2.35. The summed E-state index contributed by atoms with van der Waals surface area (Å²) in [4.78, 5) is 4.95. The number of rotatable bonds is 3. The average molecular weight is 170 g/mol. The van der Waals surface area contributed by atoms with Crippen LogP contribution in [0.1, 0.15) is 26.7 Å². The quantitative estimate of drug-likeness (QED) is 0.632. The van der Waals surface area contributed by atoms with Gasteiger partial charge in [-0.1, -0.05) is 6.92 Å². The summed E-state index contributed by atoms with van der Waals surface area (Å²) in [5.74, 6) is 0. The van der Waals surface area contributed by atoms with Gasteiger partial charge >= 0.3 is 0 Å². The summed E-state index contributed by atoms with van der Waals surface area (Å²) >= 11 is 0. The normalized spacial score (nSPS) is 28.2. The summed E-state index contributed by atoms with van der Waals surface area (Å²) in [6.45, 7) is 7.16. The van der Waals surface area contributed by atoms with E-state index in [4.69, 9.17) is 0 Å². The van der Waals surface area contributed by atoms with Gasteiger partial charge in [0.05, 0.1) is 0 Å². The summed E-state index contributed by atoms with van der Waals surface area (Å²) in [6.07, 6.45) is 2.62. The lowest BCUT2D eigenvalue weighted by atomic mass is 10.2. The Kier molecular flexibility index (Phi) is 3.53. The zero-order valence-electron chi connectivity index (χ0n) is 8.88. The maximum atomic E-state index is 2.60. The molecule has 0 amide bonds. The Hall–Kier alpha value is -0.0800. The largest absolute Gasteiger partial charge is 0.305 e. The molecule has 0 aliphatic carbocycles.